The molecule has 1 aliphatic heterocycles. The number of rotatable bonds is 3. The molecule has 4 heteroatoms. The maximum Gasteiger partial charge on any atom is 0.221 e. The Kier molecular flexibility index (Phi) is 5.16. The molecule has 0 spiro atoms. The van der Waals surface area contributed by atoms with Gasteiger partial charge < -0.3 is 10.6 Å². The molecule has 2 fully saturated rings. The van der Waals surface area contributed by atoms with Gasteiger partial charge in [-0.2, -0.15) is 11.8 Å². The summed E-state index contributed by atoms with van der Waals surface area (Å²) in [5.74, 6) is 0.219. The van der Waals surface area contributed by atoms with Crippen LogP contribution in [0, 0.1) is 0 Å². The molecule has 0 aromatic heterocycles. The van der Waals surface area contributed by atoms with E-state index in [0.717, 1.165) is 24.6 Å². The van der Waals surface area contributed by atoms with Gasteiger partial charge in [-0.15, -0.1) is 0 Å². The molecule has 0 radical (unpaired) electrons. The fourth-order valence-electron chi connectivity index (χ4n) is 2.99. The highest BCUT2D eigenvalue weighted by molar-refractivity contribution is 7.99. The highest BCUT2D eigenvalue weighted by atomic mass is 32.2. The van der Waals surface area contributed by atoms with Crippen molar-refractivity contribution in [2.24, 2.45) is 0 Å². The zero-order chi connectivity index (χ0) is 12.1. The SMILES string of the molecule is CSC1CCCCC1NC1CCCNC(=O)C1. The quantitative estimate of drug-likeness (QED) is 0.810. The smallest absolute Gasteiger partial charge is 0.221 e. The lowest BCUT2D eigenvalue weighted by Gasteiger charge is -2.34. The Morgan fingerprint density at radius 2 is 2.06 bits per heavy atom. The maximum atomic E-state index is 11.5. The van der Waals surface area contributed by atoms with Gasteiger partial charge in [-0.25, -0.2) is 0 Å². The van der Waals surface area contributed by atoms with E-state index in [1.54, 1.807) is 0 Å². The van der Waals surface area contributed by atoms with Gasteiger partial charge in [0.15, 0.2) is 0 Å². The first-order chi connectivity index (χ1) is 8.29. The first kappa shape index (κ1) is 13.2. The van der Waals surface area contributed by atoms with Crippen molar-refractivity contribution in [3.8, 4) is 0 Å². The summed E-state index contributed by atoms with van der Waals surface area (Å²) in [4.78, 5) is 11.5. The molecule has 17 heavy (non-hydrogen) atoms. The van der Waals surface area contributed by atoms with E-state index in [-0.39, 0.29) is 5.91 Å². The van der Waals surface area contributed by atoms with Crippen LogP contribution in [0.1, 0.15) is 44.9 Å². The first-order valence-corrected chi connectivity index (χ1v) is 8.14. The summed E-state index contributed by atoms with van der Waals surface area (Å²) in [6, 6.07) is 1.02. The minimum atomic E-state index is 0.219. The summed E-state index contributed by atoms with van der Waals surface area (Å²) in [7, 11) is 0. The fourth-order valence-corrected chi connectivity index (χ4v) is 3.93. The second-order valence-electron chi connectivity index (χ2n) is 5.22. The summed E-state index contributed by atoms with van der Waals surface area (Å²) in [5, 5.41) is 7.45. The van der Waals surface area contributed by atoms with Crippen LogP contribution in [0.25, 0.3) is 0 Å². The largest absolute Gasteiger partial charge is 0.356 e. The highest BCUT2D eigenvalue weighted by Gasteiger charge is 2.27. The Morgan fingerprint density at radius 1 is 1.24 bits per heavy atom. The molecule has 98 valence electrons. The van der Waals surface area contributed by atoms with Crippen molar-refractivity contribution in [3.05, 3.63) is 0 Å². The van der Waals surface area contributed by atoms with Crippen LogP contribution >= 0.6 is 11.8 Å². The van der Waals surface area contributed by atoms with Gasteiger partial charge in [0.1, 0.15) is 0 Å². The van der Waals surface area contributed by atoms with Gasteiger partial charge >= 0.3 is 0 Å². The topological polar surface area (TPSA) is 41.1 Å². The van der Waals surface area contributed by atoms with E-state index in [2.05, 4.69) is 16.9 Å². The lowest BCUT2D eigenvalue weighted by Crippen LogP contribution is -2.46. The van der Waals surface area contributed by atoms with E-state index in [1.807, 2.05) is 11.8 Å². The van der Waals surface area contributed by atoms with Crippen LogP contribution < -0.4 is 10.6 Å². The molecule has 1 amide bonds. The van der Waals surface area contributed by atoms with E-state index in [9.17, 15) is 4.79 Å². The standard InChI is InChI=1S/C13H24N2OS/c1-17-12-7-3-2-6-11(12)15-10-5-4-8-14-13(16)9-10/h10-12,15H,2-9H2,1H3,(H,14,16). The van der Waals surface area contributed by atoms with Gasteiger partial charge in [-0.1, -0.05) is 12.8 Å². The fraction of sp³-hybridized carbons (Fsp3) is 0.923. The zero-order valence-electron chi connectivity index (χ0n) is 10.7. The second kappa shape index (κ2) is 6.64. The number of hydrogen-bond acceptors (Lipinski definition) is 3. The summed E-state index contributed by atoms with van der Waals surface area (Å²) >= 11 is 1.99. The Morgan fingerprint density at radius 3 is 2.88 bits per heavy atom. The maximum absolute atomic E-state index is 11.5. The van der Waals surface area contributed by atoms with E-state index in [0.29, 0.717) is 18.5 Å². The van der Waals surface area contributed by atoms with E-state index in [1.165, 1.54) is 25.7 Å². The monoisotopic (exact) mass is 256 g/mol. The molecule has 0 aromatic rings. The van der Waals surface area contributed by atoms with Gasteiger partial charge in [-0.05, 0) is 31.9 Å². The van der Waals surface area contributed by atoms with Crippen LogP contribution in [0.5, 0.6) is 0 Å². The number of amides is 1. The molecule has 3 unspecified atom stereocenters. The molecule has 1 heterocycles. The van der Waals surface area contributed by atoms with Crippen molar-refractivity contribution >= 4 is 17.7 Å². The van der Waals surface area contributed by atoms with Crippen LogP contribution in [-0.2, 0) is 4.79 Å². The van der Waals surface area contributed by atoms with Crippen molar-refractivity contribution in [1.82, 2.24) is 10.6 Å². The van der Waals surface area contributed by atoms with Gasteiger partial charge in [0.2, 0.25) is 5.91 Å². The molecular formula is C13H24N2OS. The third-order valence-electron chi connectivity index (χ3n) is 3.94. The van der Waals surface area contributed by atoms with Crippen molar-refractivity contribution < 1.29 is 4.79 Å². The predicted molar refractivity (Wildman–Crippen MR) is 73.3 cm³/mol. The lowest BCUT2D eigenvalue weighted by molar-refractivity contribution is -0.121. The minimum absolute atomic E-state index is 0.219. The Balaban J connectivity index is 1.87. The molecule has 2 aliphatic rings. The van der Waals surface area contributed by atoms with Crippen LogP contribution in [0.3, 0.4) is 0 Å². The number of nitrogens with one attached hydrogen (secondary N) is 2. The van der Waals surface area contributed by atoms with Gasteiger partial charge in [0.05, 0.1) is 0 Å². The number of hydrogen-bond donors (Lipinski definition) is 2. The molecular weight excluding hydrogens is 232 g/mol. The van der Waals surface area contributed by atoms with Gasteiger partial charge in [0.25, 0.3) is 0 Å². The predicted octanol–water partition coefficient (Wildman–Crippen LogP) is 1.92. The molecule has 3 nitrogen and oxygen atoms in total. The van der Waals surface area contributed by atoms with Crippen molar-refractivity contribution in [1.29, 1.82) is 0 Å². The normalized spacial score (nSPS) is 35.1. The third-order valence-corrected chi connectivity index (χ3v) is 5.11. The highest BCUT2D eigenvalue weighted by Crippen LogP contribution is 2.28. The van der Waals surface area contributed by atoms with Gasteiger partial charge in [-0.3, -0.25) is 4.79 Å². The Labute approximate surface area is 108 Å². The molecule has 1 saturated heterocycles. The van der Waals surface area contributed by atoms with E-state index in [4.69, 9.17) is 0 Å². The summed E-state index contributed by atoms with van der Waals surface area (Å²) < 4.78 is 0. The van der Waals surface area contributed by atoms with E-state index < -0.39 is 0 Å². The van der Waals surface area contributed by atoms with Crippen LogP contribution in [0.2, 0.25) is 0 Å². The van der Waals surface area contributed by atoms with Crippen LogP contribution in [0.15, 0.2) is 0 Å². The Hall–Kier alpha value is -0.220. The Bertz CT molecular complexity index is 260. The molecule has 2 rings (SSSR count). The average Bonchev–Trinajstić information content (AvgIpc) is 2.54. The lowest BCUT2D eigenvalue weighted by atomic mass is 9.93. The van der Waals surface area contributed by atoms with Crippen molar-refractivity contribution in [2.75, 3.05) is 12.8 Å². The first-order valence-electron chi connectivity index (χ1n) is 6.85. The average molecular weight is 256 g/mol. The summed E-state index contributed by atoms with van der Waals surface area (Å²) in [6.45, 7) is 0.855. The second-order valence-corrected chi connectivity index (χ2v) is 6.30. The molecule has 3 atom stereocenters. The van der Waals surface area contributed by atoms with Gasteiger partial charge in [0, 0.05) is 30.3 Å². The molecule has 2 N–H and O–H groups in total. The van der Waals surface area contributed by atoms with Crippen LogP contribution in [-0.4, -0.2) is 36.0 Å². The van der Waals surface area contributed by atoms with E-state index >= 15 is 0 Å². The number of carbonyl (C=O) groups is 1. The number of carbonyl (C=O) groups excluding carboxylic acids is 1. The molecule has 0 aromatic carbocycles. The summed E-state index contributed by atoms with van der Waals surface area (Å²) in [5.41, 5.74) is 0. The molecule has 1 aliphatic carbocycles. The zero-order valence-corrected chi connectivity index (χ0v) is 11.5. The molecule has 1 saturated carbocycles. The van der Waals surface area contributed by atoms with Crippen molar-refractivity contribution in [2.45, 2.75) is 62.3 Å². The minimum Gasteiger partial charge on any atom is -0.356 e. The summed E-state index contributed by atoms with van der Waals surface area (Å²) in [6.07, 6.45) is 10.4. The van der Waals surface area contributed by atoms with Crippen molar-refractivity contribution in [3.63, 3.8) is 0 Å². The third kappa shape index (κ3) is 3.88. The number of thioether (sulfide) groups is 1. The molecule has 0 bridgehead atoms. The van der Waals surface area contributed by atoms with Crippen LogP contribution in [0.4, 0.5) is 0 Å².